The van der Waals surface area contributed by atoms with Crippen LogP contribution in [0, 0.1) is 13.8 Å². The van der Waals surface area contributed by atoms with Gasteiger partial charge in [0.15, 0.2) is 0 Å². The van der Waals surface area contributed by atoms with E-state index in [0.717, 1.165) is 41.7 Å². The molecular formula is C18H23NO2. The van der Waals surface area contributed by atoms with Gasteiger partial charge in [-0.2, -0.15) is 0 Å². The van der Waals surface area contributed by atoms with Crippen molar-refractivity contribution in [2.45, 2.75) is 46.1 Å². The van der Waals surface area contributed by atoms with Gasteiger partial charge in [-0.3, -0.25) is 4.90 Å². The lowest BCUT2D eigenvalue weighted by molar-refractivity contribution is 0.277. The van der Waals surface area contributed by atoms with Crippen LogP contribution in [-0.4, -0.2) is 18.0 Å². The first-order valence-corrected chi connectivity index (χ1v) is 7.90. The van der Waals surface area contributed by atoms with E-state index in [4.69, 9.17) is 4.42 Å². The van der Waals surface area contributed by atoms with Crippen molar-refractivity contribution in [1.82, 2.24) is 4.90 Å². The highest BCUT2D eigenvalue weighted by Gasteiger charge is 2.14. The molecule has 3 nitrogen and oxygen atoms in total. The largest absolute Gasteiger partial charge is 0.423 e. The van der Waals surface area contributed by atoms with Gasteiger partial charge in [0.25, 0.3) is 0 Å². The average Bonchev–Trinajstić information content (AvgIpc) is 2.65. The molecular weight excluding hydrogens is 262 g/mol. The number of aryl methyl sites for hydroxylation is 2. The van der Waals surface area contributed by atoms with Crippen molar-refractivity contribution in [2.75, 3.05) is 13.1 Å². The third-order valence-electron chi connectivity index (χ3n) is 4.36. The smallest absolute Gasteiger partial charge is 0.336 e. The monoisotopic (exact) mass is 285 g/mol. The third kappa shape index (κ3) is 3.18. The minimum Gasteiger partial charge on any atom is -0.423 e. The Bertz CT molecular complexity index is 694. The van der Waals surface area contributed by atoms with Crippen molar-refractivity contribution in [3.8, 4) is 0 Å². The Morgan fingerprint density at radius 3 is 2.48 bits per heavy atom. The Morgan fingerprint density at radius 2 is 1.76 bits per heavy atom. The molecule has 112 valence electrons. The molecule has 0 atom stereocenters. The van der Waals surface area contributed by atoms with Gasteiger partial charge in [0.05, 0.1) is 0 Å². The first kappa shape index (κ1) is 14.3. The van der Waals surface area contributed by atoms with E-state index in [2.05, 4.69) is 17.9 Å². The topological polar surface area (TPSA) is 33.5 Å². The predicted octanol–water partition coefficient (Wildman–Crippen LogP) is 3.79. The van der Waals surface area contributed by atoms with Crippen molar-refractivity contribution in [3.05, 3.63) is 45.3 Å². The van der Waals surface area contributed by atoms with Gasteiger partial charge in [0, 0.05) is 18.0 Å². The molecule has 2 aromatic rings. The molecule has 0 bridgehead atoms. The van der Waals surface area contributed by atoms with Crippen LogP contribution in [-0.2, 0) is 6.54 Å². The highest BCUT2D eigenvalue weighted by Crippen LogP contribution is 2.24. The van der Waals surface area contributed by atoms with Crippen LogP contribution in [0.15, 0.2) is 27.4 Å². The van der Waals surface area contributed by atoms with Crippen LogP contribution < -0.4 is 5.63 Å². The SMILES string of the molecule is Cc1cc(C)c2c(CN3CCCCCC3)cc(=O)oc2c1. The summed E-state index contributed by atoms with van der Waals surface area (Å²) in [6.45, 7) is 7.25. The number of hydrogen-bond donors (Lipinski definition) is 0. The van der Waals surface area contributed by atoms with Crippen molar-refractivity contribution in [2.24, 2.45) is 0 Å². The third-order valence-corrected chi connectivity index (χ3v) is 4.36. The Morgan fingerprint density at radius 1 is 1.05 bits per heavy atom. The lowest BCUT2D eigenvalue weighted by Gasteiger charge is -2.21. The summed E-state index contributed by atoms with van der Waals surface area (Å²) in [5, 5.41) is 1.12. The second-order valence-corrected chi connectivity index (χ2v) is 6.24. The molecule has 1 saturated heterocycles. The molecule has 1 aromatic heterocycles. The van der Waals surface area contributed by atoms with Crippen molar-refractivity contribution < 1.29 is 4.42 Å². The maximum atomic E-state index is 11.9. The van der Waals surface area contributed by atoms with Crippen LogP contribution in [0.5, 0.6) is 0 Å². The van der Waals surface area contributed by atoms with E-state index >= 15 is 0 Å². The molecule has 1 aliphatic rings. The summed E-state index contributed by atoms with van der Waals surface area (Å²) in [4.78, 5) is 14.3. The van der Waals surface area contributed by atoms with Gasteiger partial charge in [0.2, 0.25) is 0 Å². The van der Waals surface area contributed by atoms with Crippen LogP contribution in [0.4, 0.5) is 0 Å². The van der Waals surface area contributed by atoms with Crippen LogP contribution in [0.1, 0.15) is 42.4 Å². The Kier molecular flexibility index (Phi) is 4.11. The fourth-order valence-electron chi connectivity index (χ4n) is 3.43. The molecule has 0 unspecified atom stereocenters. The van der Waals surface area contributed by atoms with Gasteiger partial charge in [-0.15, -0.1) is 0 Å². The van der Waals surface area contributed by atoms with E-state index in [1.54, 1.807) is 6.07 Å². The molecule has 0 saturated carbocycles. The summed E-state index contributed by atoms with van der Waals surface area (Å²) in [6, 6.07) is 5.81. The molecule has 1 aromatic carbocycles. The van der Waals surface area contributed by atoms with Crippen LogP contribution in [0.25, 0.3) is 11.0 Å². The number of benzene rings is 1. The first-order valence-electron chi connectivity index (χ1n) is 7.90. The second-order valence-electron chi connectivity index (χ2n) is 6.24. The quantitative estimate of drug-likeness (QED) is 0.787. The first-order chi connectivity index (χ1) is 10.1. The summed E-state index contributed by atoms with van der Waals surface area (Å²) in [6.07, 6.45) is 5.17. The Labute approximate surface area is 125 Å². The number of nitrogens with zero attached hydrogens (tertiary/aromatic N) is 1. The van der Waals surface area contributed by atoms with Crippen molar-refractivity contribution >= 4 is 11.0 Å². The molecule has 0 radical (unpaired) electrons. The standard InChI is InChI=1S/C18H23NO2/c1-13-9-14(2)18-15(11-17(20)21-16(18)10-13)12-19-7-5-3-4-6-8-19/h9-11H,3-8,12H2,1-2H3. The zero-order chi connectivity index (χ0) is 14.8. The maximum Gasteiger partial charge on any atom is 0.336 e. The summed E-state index contributed by atoms with van der Waals surface area (Å²) < 4.78 is 5.40. The van der Waals surface area contributed by atoms with Gasteiger partial charge >= 0.3 is 5.63 Å². The molecule has 2 heterocycles. The molecule has 0 amide bonds. The summed E-state index contributed by atoms with van der Waals surface area (Å²) in [5.41, 5.74) is 3.93. The van der Waals surface area contributed by atoms with Crippen molar-refractivity contribution in [1.29, 1.82) is 0 Å². The minimum absolute atomic E-state index is 0.239. The zero-order valence-electron chi connectivity index (χ0n) is 12.9. The number of likely N-dealkylation sites (tertiary alicyclic amines) is 1. The molecule has 0 N–H and O–H groups in total. The molecule has 1 fully saturated rings. The van der Waals surface area contributed by atoms with E-state index in [9.17, 15) is 4.79 Å². The number of hydrogen-bond acceptors (Lipinski definition) is 3. The van der Waals surface area contributed by atoms with E-state index in [1.165, 1.54) is 31.2 Å². The fourth-order valence-corrected chi connectivity index (χ4v) is 3.43. The summed E-state index contributed by atoms with van der Waals surface area (Å²) in [5.74, 6) is 0. The summed E-state index contributed by atoms with van der Waals surface area (Å²) >= 11 is 0. The zero-order valence-corrected chi connectivity index (χ0v) is 12.9. The van der Waals surface area contributed by atoms with E-state index in [1.807, 2.05) is 13.0 Å². The lowest BCUT2D eigenvalue weighted by atomic mass is 10.0. The fraction of sp³-hybridized carbons (Fsp3) is 0.500. The number of fused-ring (bicyclic) bond motifs is 1. The highest BCUT2D eigenvalue weighted by atomic mass is 16.4. The van der Waals surface area contributed by atoms with Gasteiger partial charge in [0.1, 0.15) is 5.58 Å². The van der Waals surface area contributed by atoms with E-state index in [0.29, 0.717) is 0 Å². The molecule has 0 aliphatic carbocycles. The van der Waals surface area contributed by atoms with Gasteiger partial charge in [-0.1, -0.05) is 18.9 Å². The molecule has 3 rings (SSSR count). The minimum atomic E-state index is -0.239. The van der Waals surface area contributed by atoms with E-state index in [-0.39, 0.29) is 5.63 Å². The molecule has 21 heavy (non-hydrogen) atoms. The Hall–Kier alpha value is -1.61. The van der Waals surface area contributed by atoms with E-state index < -0.39 is 0 Å². The van der Waals surface area contributed by atoms with Gasteiger partial charge in [-0.05, 0) is 62.5 Å². The maximum absolute atomic E-state index is 11.9. The molecule has 3 heteroatoms. The molecule has 1 aliphatic heterocycles. The average molecular weight is 285 g/mol. The normalized spacial score (nSPS) is 17.0. The van der Waals surface area contributed by atoms with Crippen molar-refractivity contribution in [3.63, 3.8) is 0 Å². The number of rotatable bonds is 2. The lowest BCUT2D eigenvalue weighted by Crippen LogP contribution is -2.24. The predicted molar refractivity (Wildman–Crippen MR) is 85.7 cm³/mol. The van der Waals surface area contributed by atoms with Gasteiger partial charge < -0.3 is 4.42 Å². The summed E-state index contributed by atoms with van der Waals surface area (Å²) in [7, 11) is 0. The van der Waals surface area contributed by atoms with Crippen LogP contribution in [0.2, 0.25) is 0 Å². The van der Waals surface area contributed by atoms with Crippen LogP contribution >= 0.6 is 0 Å². The van der Waals surface area contributed by atoms with Crippen LogP contribution in [0.3, 0.4) is 0 Å². The second kappa shape index (κ2) is 6.02. The Balaban J connectivity index is 2.02. The molecule has 0 spiro atoms. The van der Waals surface area contributed by atoms with Gasteiger partial charge in [-0.25, -0.2) is 4.79 Å². The highest BCUT2D eigenvalue weighted by molar-refractivity contribution is 5.84.